The Morgan fingerprint density at radius 3 is 3.00 bits per heavy atom. The summed E-state index contributed by atoms with van der Waals surface area (Å²) in [6, 6.07) is 2.69. The molecule has 0 spiro atoms. The minimum Gasteiger partial charge on any atom is -0.396 e. The molecule has 1 N–H and O–H groups in total. The van der Waals surface area contributed by atoms with Crippen molar-refractivity contribution in [1.29, 1.82) is 0 Å². The van der Waals surface area contributed by atoms with E-state index in [4.69, 9.17) is 0 Å². The van der Waals surface area contributed by atoms with E-state index < -0.39 is 0 Å². The predicted octanol–water partition coefficient (Wildman–Crippen LogP) is 2.71. The molecule has 84 valence electrons. The molecule has 0 aromatic carbocycles. The molecule has 4 heteroatoms. The summed E-state index contributed by atoms with van der Waals surface area (Å²) >= 11 is 5.27. The Morgan fingerprint density at radius 2 is 2.47 bits per heavy atom. The summed E-state index contributed by atoms with van der Waals surface area (Å²) in [7, 11) is 0. The van der Waals surface area contributed by atoms with Crippen LogP contribution in [0.2, 0.25) is 0 Å². The molecular formula is C11H16BrNOS. The van der Waals surface area contributed by atoms with Crippen LogP contribution in [-0.2, 0) is 6.54 Å². The lowest BCUT2D eigenvalue weighted by molar-refractivity contribution is 0.173. The average molecular weight is 290 g/mol. The SMILES string of the molecule is CC1C(CO)CCN1Cc1cc(Br)cs1. The van der Waals surface area contributed by atoms with Crippen molar-refractivity contribution in [2.75, 3.05) is 13.2 Å². The third kappa shape index (κ3) is 2.61. The number of thiophene rings is 1. The van der Waals surface area contributed by atoms with E-state index in [9.17, 15) is 5.11 Å². The lowest BCUT2D eigenvalue weighted by Gasteiger charge is -2.22. The van der Waals surface area contributed by atoms with Gasteiger partial charge in [-0.05, 0) is 47.8 Å². The molecule has 15 heavy (non-hydrogen) atoms. The number of likely N-dealkylation sites (tertiary alicyclic amines) is 1. The summed E-state index contributed by atoms with van der Waals surface area (Å²) in [6.45, 7) is 4.68. The van der Waals surface area contributed by atoms with E-state index in [2.05, 4.69) is 39.2 Å². The molecule has 1 aliphatic rings. The number of aliphatic hydroxyl groups is 1. The van der Waals surface area contributed by atoms with E-state index in [1.807, 2.05) is 0 Å². The summed E-state index contributed by atoms with van der Waals surface area (Å²) in [5, 5.41) is 11.3. The van der Waals surface area contributed by atoms with E-state index in [0.29, 0.717) is 18.6 Å². The molecule has 2 atom stereocenters. The van der Waals surface area contributed by atoms with Gasteiger partial charge in [-0.3, -0.25) is 4.90 Å². The van der Waals surface area contributed by atoms with E-state index in [1.165, 1.54) is 9.35 Å². The van der Waals surface area contributed by atoms with E-state index in [-0.39, 0.29) is 0 Å². The van der Waals surface area contributed by atoms with Gasteiger partial charge in [-0.1, -0.05) is 0 Å². The summed E-state index contributed by atoms with van der Waals surface area (Å²) in [5.74, 6) is 0.466. The largest absolute Gasteiger partial charge is 0.396 e. The molecule has 0 saturated carbocycles. The molecule has 2 heterocycles. The highest BCUT2D eigenvalue weighted by Gasteiger charge is 2.29. The van der Waals surface area contributed by atoms with Crippen molar-refractivity contribution in [3.8, 4) is 0 Å². The highest BCUT2D eigenvalue weighted by Crippen LogP contribution is 2.28. The number of rotatable bonds is 3. The summed E-state index contributed by atoms with van der Waals surface area (Å²) in [6.07, 6.45) is 1.13. The second-order valence-electron chi connectivity index (χ2n) is 4.17. The van der Waals surface area contributed by atoms with Gasteiger partial charge < -0.3 is 5.11 Å². The molecule has 2 nitrogen and oxygen atoms in total. The van der Waals surface area contributed by atoms with Crippen LogP contribution in [0.1, 0.15) is 18.2 Å². The number of aliphatic hydroxyl groups excluding tert-OH is 1. The molecular weight excluding hydrogens is 274 g/mol. The van der Waals surface area contributed by atoms with Gasteiger partial charge in [0.15, 0.2) is 0 Å². The molecule has 0 aliphatic carbocycles. The summed E-state index contributed by atoms with van der Waals surface area (Å²) < 4.78 is 1.17. The molecule has 1 saturated heterocycles. The normalized spacial score (nSPS) is 27.4. The van der Waals surface area contributed by atoms with Crippen LogP contribution in [0.5, 0.6) is 0 Å². The Labute approximate surface area is 103 Å². The zero-order valence-corrected chi connectivity index (χ0v) is 11.2. The third-order valence-electron chi connectivity index (χ3n) is 3.26. The molecule has 1 fully saturated rings. The van der Waals surface area contributed by atoms with E-state index in [1.54, 1.807) is 11.3 Å². The number of hydrogen-bond acceptors (Lipinski definition) is 3. The first-order valence-electron chi connectivity index (χ1n) is 5.28. The van der Waals surface area contributed by atoms with Gasteiger partial charge in [0.05, 0.1) is 0 Å². The van der Waals surface area contributed by atoms with Gasteiger partial charge in [-0.25, -0.2) is 0 Å². The fourth-order valence-electron chi connectivity index (χ4n) is 2.18. The Bertz CT molecular complexity index is 328. The average Bonchev–Trinajstić information content (AvgIpc) is 2.76. The van der Waals surface area contributed by atoms with Crippen LogP contribution >= 0.6 is 27.3 Å². The molecule has 1 aromatic heterocycles. The first-order valence-corrected chi connectivity index (χ1v) is 6.96. The lowest BCUT2D eigenvalue weighted by Crippen LogP contribution is -2.30. The van der Waals surface area contributed by atoms with Crippen molar-refractivity contribution in [1.82, 2.24) is 4.90 Å². The summed E-state index contributed by atoms with van der Waals surface area (Å²) in [4.78, 5) is 3.85. The highest BCUT2D eigenvalue weighted by atomic mass is 79.9. The monoisotopic (exact) mass is 289 g/mol. The highest BCUT2D eigenvalue weighted by molar-refractivity contribution is 9.10. The quantitative estimate of drug-likeness (QED) is 0.925. The van der Waals surface area contributed by atoms with Gasteiger partial charge in [-0.2, -0.15) is 0 Å². The van der Waals surface area contributed by atoms with Crippen LogP contribution in [0, 0.1) is 5.92 Å². The molecule has 0 bridgehead atoms. The Balaban J connectivity index is 1.96. The van der Waals surface area contributed by atoms with Gasteiger partial charge in [0.2, 0.25) is 0 Å². The van der Waals surface area contributed by atoms with E-state index >= 15 is 0 Å². The molecule has 0 radical (unpaired) electrons. The Hall–Kier alpha value is 0.1000. The maximum Gasteiger partial charge on any atom is 0.0474 e. The van der Waals surface area contributed by atoms with Gasteiger partial charge >= 0.3 is 0 Å². The number of nitrogens with zero attached hydrogens (tertiary/aromatic N) is 1. The van der Waals surface area contributed by atoms with Crippen LogP contribution < -0.4 is 0 Å². The van der Waals surface area contributed by atoms with Crippen molar-refractivity contribution in [3.05, 3.63) is 20.8 Å². The Kier molecular flexibility index (Phi) is 3.83. The van der Waals surface area contributed by atoms with Crippen molar-refractivity contribution < 1.29 is 5.11 Å². The van der Waals surface area contributed by atoms with Crippen LogP contribution in [-0.4, -0.2) is 29.2 Å². The van der Waals surface area contributed by atoms with Gasteiger partial charge in [0.1, 0.15) is 0 Å². The van der Waals surface area contributed by atoms with Crippen molar-refractivity contribution in [2.24, 2.45) is 5.92 Å². The molecule has 1 aliphatic heterocycles. The van der Waals surface area contributed by atoms with Crippen molar-refractivity contribution in [3.63, 3.8) is 0 Å². The number of hydrogen-bond donors (Lipinski definition) is 1. The topological polar surface area (TPSA) is 23.5 Å². The first-order chi connectivity index (χ1) is 7.20. The second-order valence-corrected chi connectivity index (χ2v) is 6.09. The zero-order valence-electron chi connectivity index (χ0n) is 8.82. The predicted molar refractivity (Wildman–Crippen MR) is 67.1 cm³/mol. The van der Waals surface area contributed by atoms with Crippen LogP contribution in [0.3, 0.4) is 0 Å². The zero-order chi connectivity index (χ0) is 10.8. The third-order valence-corrected chi connectivity index (χ3v) is 4.94. The van der Waals surface area contributed by atoms with Crippen molar-refractivity contribution >= 4 is 27.3 Å². The second kappa shape index (κ2) is 4.95. The first kappa shape index (κ1) is 11.6. The van der Waals surface area contributed by atoms with Crippen LogP contribution in [0.15, 0.2) is 15.9 Å². The fourth-order valence-corrected chi connectivity index (χ4v) is 3.65. The van der Waals surface area contributed by atoms with Gasteiger partial charge in [-0.15, -0.1) is 11.3 Å². The van der Waals surface area contributed by atoms with Crippen LogP contribution in [0.4, 0.5) is 0 Å². The summed E-state index contributed by atoms with van der Waals surface area (Å²) in [5.41, 5.74) is 0. The fraction of sp³-hybridized carbons (Fsp3) is 0.636. The van der Waals surface area contributed by atoms with Crippen LogP contribution in [0.25, 0.3) is 0 Å². The smallest absolute Gasteiger partial charge is 0.0474 e. The van der Waals surface area contributed by atoms with Crippen molar-refractivity contribution in [2.45, 2.75) is 25.9 Å². The standard InChI is InChI=1S/C11H16BrNOS/c1-8-9(6-14)2-3-13(8)5-11-4-10(12)7-15-11/h4,7-9,14H,2-3,5-6H2,1H3. The lowest BCUT2D eigenvalue weighted by atomic mass is 10.0. The van der Waals surface area contributed by atoms with E-state index in [0.717, 1.165) is 19.5 Å². The molecule has 2 unspecified atom stereocenters. The molecule has 1 aromatic rings. The number of halogens is 1. The van der Waals surface area contributed by atoms with Gasteiger partial charge in [0.25, 0.3) is 0 Å². The maximum absolute atomic E-state index is 9.19. The Morgan fingerprint density at radius 1 is 1.67 bits per heavy atom. The minimum atomic E-state index is 0.325. The maximum atomic E-state index is 9.19. The molecule has 0 amide bonds. The minimum absolute atomic E-state index is 0.325. The molecule has 2 rings (SSSR count). The van der Waals surface area contributed by atoms with Gasteiger partial charge in [0, 0.05) is 33.9 Å².